The Labute approximate surface area is 38.7 Å². The van der Waals surface area contributed by atoms with E-state index >= 15 is 0 Å². The lowest BCUT2D eigenvalue weighted by molar-refractivity contribution is 0.601. The number of hydrogen-bond acceptors (Lipinski definition) is 2. The minimum atomic E-state index is -0.459. The van der Waals surface area contributed by atoms with Crippen molar-refractivity contribution in [2.24, 2.45) is 0 Å². The van der Waals surface area contributed by atoms with Crippen LogP contribution >= 0.6 is 16.9 Å². The molecule has 0 heterocycles. The van der Waals surface area contributed by atoms with Crippen LogP contribution in [0, 0.1) is 0 Å². The van der Waals surface area contributed by atoms with E-state index in [4.69, 9.17) is 0 Å². The molecule has 0 aliphatic carbocycles. The fourth-order valence-corrected chi connectivity index (χ4v) is 0.612. The van der Waals surface area contributed by atoms with Crippen molar-refractivity contribution in [3.8, 4) is 0 Å². The fourth-order valence-electron chi connectivity index (χ4n) is 0.0680. The molecule has 0 saturated heterocycles. The maximum atomic E-state index is 9.50. The molecule has 0 saturated carbocycles. The number of hydrogen-bond donors (Lipinski definition) is 0. The van der Waals surface area contributed by atoms with Crippen LogP contribution in [0.2, 0.25) is 0 Å². The van der Waals surface area contributed by atoms with Crippen molar-refractivity contribution in [3.63, 3.8) is 0 Å². The Morgan fingerprint density at radius 1 is 1.00 bits per heavy atom. The molecule has 2 nitrogen and oxygen atoms in total. The Morgan fingerprint density at radius 2 is 1.33 bits per heavy atom. The van der Waals surface area contributed by atoms with Crippen LogP contribution in [0.5, 0.6) is 0 Å². The molecular formula is C2H4O2P2+2. The van der Waals surface area contributed by atoms with E-state index in [-0.39, 0.29) is 0 Å². The zero-order valence-corrected chi connectivity index (χ0v) is 4.97. The second-order valence-corrected chi connectivity index (χ2v) is 1.71. The minimum Gasteiger partial charge on any atom is -0.0713 e. The van der Waals surface area contributed by atoms with Gasteiger partial charge in [0.1, 0.15) is 0 Å². The molecule has 0 aliphatic rings. The number of rotatable bonds is 2. The van der Waals surface area contributed by atoms with Crippen LogP contribution < -0.4 is 0 Å². The Hall–Kier alpha value is -0.0600. The molecule has 32 valence electrons. The van der Waals surface area contributed by atoms with E-state index in [2.05, 4.69) is 0 Å². The van der Waals surface area contributed by atoms with Crippen molar-refractivity contribution in [1.29, 1.82) is 0 Å². The van der Waals surface area contributed by atoms with Gasteiger partial charge in [-0.25, -0.2) is 0 Å². The monoisotopic (exact) mass is 122 g/mol. The van der Waals surface area contributed by atoms with Gasteiger partial charge in [-0.15, -0.1) is 0 Å². The van der Waals surface area contributed by atoms with Crippen LogP contribution in [0.25, 0.3) is 0 Å². The zero-order chi connectivity index (χ0) is 4.83. The first-order valence-electron chi connectivity index (χ1n) is 1.32. The molecule has 0 aromatic carbocycles. The fraction of sp³-hybridized carbons (Fsp3) is 0. The third-order valence-electron chi connectivity index (χ3n) is 0.219. The van der Waals surface area contributed by atoms with Gasteiger partial charge in [-0.3, -0.25) is 0 Å². The summed E-state index contributed by atoms with van der Waals surface area (Å²) in [6.07, 6.45) is 0. The van der Waals surface area contributed by atoms with Crippen LogP contribution in [0.1, 0.15) is 0 Å². The average molecular weight is 122 g/mol. The highest BCUT2D eigenvalue weighted by molar-refractivity contribution is 7.32. The van der Waals surface area contributed by atoms with Gasteiger partial charge in [0.05, 0.1) is 0 Å². The second-order valence-electron chi connectivity index (χ2n) is 0.569. The molecule has 0 fully saturated rings. The van der Waals surface area contributed by atoms with E-state index in [1.54, 1.807) is 0 Å². The van der Waals surface area contributed by atoms with Crippen molar-refractivity contribution in [2.75, 3.05) is 0 Å². The van der Waals surface area contributed by atoms with Crippen LogP contribution in [0.4, 0.5) is 0 Å². The van der Waals surface area contributed by atoms with Gasteiger partial charge in [0.25, 0.3) is 0 Å². The Bertz CT molecular complexity index is 67.6. The van der Waals surface area contributed by atoms with Gasteiger partial charge in [-0.2, -0.15) is 0 Å². The van der Waals surface area contributed by atoms with Crippen LogP contribution in [0.3, 0.4) is 0 Å². The third kappa shape index (κ3) is 3.94. The summed E-state index contributed by atoms with van der Waals surface area (Å²) in [5.41, 5.74) is 0. The van der Waals surface area contributed by atoms with Crippen molar-refractivity contribution < 1.29 is 9.13 Å². The minimum absolute atomic E-state index is 0.459. The second kappa shape index (κ2) is 4.94. The summed E-state index contributed by atoms with van der Waals surface area (Å²) in [5.74, 6) is 2.71. The van der Waals surface area contributed by atoms with Gasteiger partial charge in [0.2, 0.25) is 0 Å². The first kappa shape index (κ1) is 5.94. The molecule has 0 rings (SSSR count). The summed E-state index contributed by atoms with van der Waals surface area (Å²) < 4.78 is 19.0. The molecule has 2 unspecified atom stereocenters. The smallest absolute Gasteiger partial charge is 0.0713 e. The van der Waals surface area contributed by atoms with Crippen LogP contribution in [0.15, 0.2) is 11.6 Å². The molecular weight excluding hydrogens is 118 g/mol. The third-order valence-corrected chi connectivity index (χ3v) is 1.16. The van der Waals surface area contributed by atoms with E-state index < -0.39 is 16.9 Å². The topological polar surface area (TPSA) is 34.1 Å². The molecule has 0 N–H and O–H groups in total. The van der Waals surface area contributed by atoms with Crippen molar-refractivity contribution in [3.05, 3.63) is 11.6 Å². The standard InChI is InChI=1S/C2H2O2P2/c3-5-1-2-6-4/h1-2H/p+2. The Balaban J connectivity index is 3.17. The van der Waals surface area contributed by atoms with Gasteiger partial charge in [0.15, 0.2) is 11.6 Å². The van der Waals surface area contributed by atoms with Crippen molar-refractivity contribution in [1.82, 2.24) is 0 Å². The first-order valence-corrected chi connectivity index (χ1v) is 3.29. The largest absolute Gasteiger partial charge is 0.359 e. The van der Waals surface area contributed by atoms with E-state index in [9.17, 15) is 9.13 Å². The van der Waals surface area contributed by atoms with Gasteiger partial charge < -0.3 is 0 Å². The summed E-state index contributed by atoms with van der Waals surface area (Å²) in [6, 6.07) is 0. The average Bonchev–Trinajstić information content (AvgIpc) is 1.61. The highest BCUT2D eigenvalue weighted by atomic mass is 31.1. The molecule has 0 spiro atoms. The van der Waals surface area contributed by atoms with Gasteiger partial charge in [-0.05, 0) is 0 Å². The van der Waals surface area contributed by atoms with Gasteiger partial charge in [-0.1, -0.05) is 9.13 Å². The molecule has 2 atom stereocenters. The summed E-state index contributed by atoms with van der Waals surface area (Å²) in [5, 5.41) is 0. The normalized spacial score (nSPS) is 11.3. The molecule has 0 bridgehead atoms. The predicted octanol–water partition coefficient (Wildman–Crippen LogP) is 1.51. The Kier molecular flexibility index (Phi) is 4.89. The van der Waals surface area contributed by atoms with Crippen molar-refractivity contribution >= 4 is 16.9 Å². The maximum absolute atomic E-state index is 9.50. The van der Waals surface area contributed by atoms with Crippen LogP contribution in [-0.4, -0.2) is 0 Å². The molecule has 0 aliphatic heterocycles. The van der Waals surface area contributed by atoms with E-state index in [0.717, 1.165) is 0 Å². The highest BCUT2D eigenvalue weighted by Gasteiger charge is 1.78. The summed E-state index contributed by atoms with van der Waals surface area (Å²) in [4.78, 5) is 0. The summed E-state index contributed by atoms with van der Waals surface area (Å²) >= 11 is 0. The lowest BCUT2D eigenvalue weighted by atomic mass is 11.3. The lowest BCUT2D eigenvalue weighted by Gasteiger charge is -1.30. The Morgan fingerprint density at radius 3 is 1.50 bits per heavy atom. The molecule has 4 heteroatoms. The zero-order valence-electron chi connectivity index (χ0n) is 2.97. The van der Waals surface area contributed by atoms with Gasteiger partial charge in [0, 0.05) is 0 Å². The summed E-state index contributed by atoms with van der Waals surface area (Å²) in [7, 11) is -0.918. The van der Waals surface area contributed by atoms with E-state index in [1.807, 2.05) is 0 Å². The highest BCUT2D eigenvalue weighted by Crippen LogP contribution is 1.99. The lowest BCUT2D eigenvalue weighted by Crippen LogP contribution is -1.18. The molecule has 0 amide bonds. The van der Waals surface area contributed by atoms with Gasteiger partial charge >= 0.3 is 16.9 Å². The quantitative estimate of drug-likeness (QED) is 0.520. The molecule has 0 radical (unpaired) electrons. The van der Waals surface area contributed by atoms with E-state index in [0.29, 0.717) is 0 Å². The van der Waals surface area contributed by atoms with E-state index in [1.165, 1.54) is 11.6 Å². The first-order chi connectivity index (χ1) is 2.91. The summed E-state index contributed by atoms with van der Waals surface area (Å²) in [6.45, 7) is 0. The SMILES string of the molecule is O=[PH+]C=C[PH+]=O. The molecule has 6 heavy (non-hydrogen) atoms. The maximum Gasteiger partial charge on any atom is 0.359 e. The molecule has 0 aromatic heterocycles. The van der Waals surface area contributed by atoms with Crippen LogP contribution in [-0.2, 0) is 9.13 Å². The predicted molar refractivity (Wildman–Crippen MR) is 27.1 cm³/mol. The van der Waals surface area contributed by atoms with Crippen molar-refractivity contribution in [2.45, 2.75) is 0 Å². The molecule has 0 aromatic rings.